The number of nitrogens with one attached hydrogen (secondary N) is 1. The first-order valence-electron chi connectivity index (χ1n) is 8.07. The van der Waals surface area contributed by atoms with Crippen molar-refractivity contribution in [2.24, 2.45) is 0 Å². The summed E-state index contributed by atoms with van der Waals surface area (Å²) in [4.78, 5) is 12.0. The first-order chi connectivity index (χ1) is 11.7. The zero-order valence-corrected chi connectivity index (χ0v) is 14.1. The lowest BCUT2D eigenvalue weighted by Crippen LogP contribution is -2.07. The maximum absolute atomic E-state index is 12.0. The van der Waals surface area contributed by atoms with Gasteiger partial charge in [0.2, 0.25) is 5.91 Å². The van der Waals surface area contributed by atoms with E-state index >= 15 is 0 Å². The molecule has 0 saturated carbocycles. The van der Waals surface area contributed by atoms with Crippen molar-refractivity contribution in [2.45, 2.75) is 19.8 Å². The van der Waals surface area contributed by atoms with Gasteiger partial charge in [0, 0.05) is 11.8 Å². The average molecular weight is 325 g/mol. The van der Waals surface area contributed by atoms with Crippen molar-refractivity contribution in [2.75, 3.05) is 19.0 Å². The molecule has 0 aromatic heterocycles. The monoisotopic (exact) mass is 325 g/mol. The molecule has 2 aromatic carbocycles. The van der Waals surface area contributed by atoms with Gasteiger partial charge in [-0.1, -0.05) is 25.5 Å². The number of anilines is 1. The molecule has 0 aliphatic carbocycles. The number of hydrogen-bond donors (Lipinski definition) is 1. The molecule has 0 radical (unpaired) electrons. The average Bonchev–Trinajstić information content (AvgIpc) is 2.62. The molecule has 4 nitrogen and oxygen atoms in total. The Balaban J connectivity index is 1.88. The number of unbranched alkanes of at least 4 members (excludes halogenated alkanes) is 1. The van der Waals surface area contributed by atoms with Crippen LogP contribution in [0.25, 0.3) is 6.08 Å². The highest BCUT2D eigenvalue weighted by Crippen LogP contribution is 2.17. The third-order valence-electron chi connectivity index (χ3n) is 3.41. The predicted octanol–water partition coefficient (Wildman–Crippen LogP) is 4.53. The van der Waals surface area contributed by atoms with Crippen LogP contribution in [0.5, 0.6) is 11.5 Å². The molecule has 0 atom stereocenters. The first-order valence-corrected chi connectivity index (χ1v) is 8.07. The molecule has 0 aliphatic heterocycles. The van der Waals surface area contributed by atoms with Gasteiger partial charge in [0.1, 0.15) is 11.5 Å². The van der Waals surface area contributed by atoms with E-state index in [1.165, 1.54) is 6.08 Å². The van der Waals surface area contributed by atoms with Crippen LogP contribution in [-0.4, -0.2) is 19.6 Å². The van der Waals surface area contributed by atoms with E-state index in [0.29, 0.717) is 6.61 Å². The summed E-state index contributed by atoms with van der Waals surface area (Å²) in [5.74, 6) is 1.39. The molecular formula is C20H23NO3. The standard InChI is InChI=1S/C20H23NO3/c1-3-4-14-24-18-11-9-17(10-12-18)21-20(22)13-8-16-6-5-7-19(15-16)23-2/h5-13,15H,3-4,14H2,1-2H3,(H,21,22)/b13-8+. The fourth-order valence-corrected chi connectivity index (χ4v) is 2.07. The Morgan fingerprint density at radius 2 is 1.92 bits per heavy atom. The van der Waals surface area contributed by atoms with Crippen LogP contribution in [0.1, 0.15) is 25.3 Å². The molecule has 0 spiro atoms. The summed E-state index contributed by atoms with van der Waals surface area (Å²) in [5, 5.41) is 2.82. The van der Waals surface area contributed by atoms with E-state index in [-0.39, 0.29) is 5.91 Å². The van der Waals surface area contributed by atoms with Gasteiger partial charge in [-0.3, -0.25) is 4.79 Å². The smallest absolute Gasteiger partial charge is 0.248 e. The minimum atomic E-state index is -0.183. The number of ether oxygens (including phenoxy) is 2. The van der Waals surface area contributed by atoms with E-state index in [2.05, 4.69) is 12.2 Å². The van der Waals surface area contributed by atoms with Gasteiger partial charge < -0.3 is 14.8 Å². The molecular weight excluding hydrogens is 302 g/mol. The predicted molar refractivity (Wildman–Crippen MR) is 97.5 cm³/mol. The number of hydrogen-bond acceptors (Lipinski definition) is 3. The Morgan fingerprint density at radius 1 is 1.12 bits per heavy atom. The first kappa shape index (κ1) is 17.6. The summed E-state index contributed by atoms with van der Waals surface area (Å²) in [5.41, 5.74) is 1.64. The molecule has 2 aromatic rings. The van der Waals surface area contributed by atoms with E-state index < -0.39 is 0 Å². The van der Waals surface area contributed by atoms with E-state index in [9.17, 15) is 4.79 Å². The van der Waals surface area contributed by atoms with E-state index in [1.54, 1.807) is 13.2 Å². The summed E-state index contributed by atoms with van der Waals surface area (Å²) in [6, 6.07) is 14.9. The van der Waals surface area contributed by atoms with Crippen LogP contribution in [0.3, 0.4) is 0 Å². The van der Waals surface area contributed by atoms with Crippen LogP contribution in [0.2, 0.25) is 0 Å². The number of carbonyl (C=O) groups is 1. The minimum absolute atomic E-state index is 0.183. The van der Waals surface area contributed by atoms with E-state index in [0.717, 1.165) is 35.6 Å². The van der Waals surface area contributed by atoms with Gasteiger partial charge in [-0.15, -0.1) is 0 Å². The lowest BCUT2D eigenvalue weighted by Gasteiger charge is -2.07. The van der Waals surface area contributed by atoms with Crippen LogP contribution in [-0.2, 0) is 4.79 Å². The number of benzene rings is 2. The maximum Gasteiger partial charge on any atom is 0.248 e. The van der Waals surface area contributed by atoms with Crippen molar-refractivity contribution in [3.8, 4) is 11.5 Å². The van der Waals surface area contributed by atoms with Crippen molar-refractivity contribution in [3.05, 3.63) is 60.2 Å². The summed E-state index contributed by atoms with van der Waals surface area (Å²) in [6.45, 7) is 2.84. The lowest BCUT2D eigenvalue weighted by atomic mass is 10.2. The van der Waals surface area contributed by atoms with E-state index in [4.69, 9.17) is 9.47 Å². The minimum Gasteiger partial charge on any atom is -0.497 e. The second-order valence-corrected chi connectivity index (χ2v) is 5.33. The van der Waals surface area contributed by atoms with Crippen molar-refractivity contribution >= 4 is 17.7 Å². The zero-order valence-electron chi connectivity index (χ0n) is 14.1. The molecule has 4 heteroatoms. The summed E-state index contributed by atoms with van der Waals surface area (Å²) >= 11 is 0. The third-order valence-corrected chi connectivity index (χ3v) is 3.41. The fourth-order valence-electron chi connectivity index (χ4n) is 2.07. The molecule has 1 N–H and O–H groups in total. The van der Waals surface area contributed by atoms with E-state index in [1.807, 2.05) is 48.5 Å². The Hall–Kier alpha value is -2.75. The zero-order chi connectivity index (χ0) is 17.2. The fraction of sp³-hybridized carbons (Fsp3) is 0.250. The van der Waals surface area contributed by atoms with Crippen LogP contribution in [0.15, 0.2) is 54.6 Å². The molecule has 0 unspecified atom stereocenters. The van der Waals surface area contributed by atoms with Gasteiger partial charge in [0.15, 0.2) is 0 Å². The summed E-state index contributed by atoms with van der Waals surface area (Å²) in [7, 11) is 1.62. The van der Waals surface area contributed by atoms with Crippen LogP contribution >= 0.6 is 0 Å². The maximum atomic E-state index is 12.0. The normalized spacial score (nSPS) is 10.6. The van der Waals surface area contributed by atoms with Crippen molar-refractivity contribution in [1.29, 1.82) is 0 Å². The molecule has 0 saturated heterocycles. The largest absolute Gasteiger partial charge is 0.497 e. The molecule has 0 heterocycles. The Morgan fingerprint density at radius 3 is 2.62 bits per heavy atom. The number of methoxy groups -OCH3 is 1. The molecule has 0 fully saturated rings. The van der Waals surface area contributed by atoms with Gasteiger partial charge in [-0.2, -0.15) is 0 Å². The summed E-state index contributed by atoms with van der Waals surface area (Å²) < 4.78 is 10.8. The topological polar surface area (TPSA) is 47.6 Å². The number of amides is 1. The second-order valence-electron chi connectivity index (χ2n) is 5.33. The molecule has 0 aliphatic rings. The molecule has 0 bridgehead atoms. The highest BCUT2D eigenvalue weighted by Gasteiger charge is 2.00. The highest BCUT2D eigenvalue weighted by atomic mass is 16.5. The van der Waals surface area contributed by atoms with Gasteiger partial charge in [0.25, 0.3) is 0 Å². The number of rotatable bonds is 8. The van der Waals surface area contributed by atoms with Gasteiger partial charge in [0.05, 0.1) is 13.7 Å². The molecule has 1 amide bonds. The van der Waals surface area contributed by atoms with Gasteiger partial charge >= 0.3 is 0 Å². The quantitative estimate of drug-likeness (QED) is 0.573. The Bertz CT molecular complexity index is 678. The van der Waals surface area contributed by atoms with Crippen molar-refractivity contribution < 1.29 is 14.3 Å². The SMILES string of the molecule is CCCCOc1ccc(NC(=O)/C=C/c2cccc(OC)c2)cc1. The Labute approximate surface area is 143 Å². The lowest BCUT2D eigenvalue weighted by molar-refractivity contribution is -0.111. The van der Waals surface area contributed by atoms with Crippen LogP contribution in [0.4, 0.5) is 5.69 Å². The molecule has 24 heavy (non-hydrogen) atoms. The van der Waals surface area contributed by atoms with Crippen LogP contribution < -0.4 is 14.8 Å². The van der Waals surface area contributed by atoms with Crippen LogP contribution in [0, 0.1) is 0 Å². The highest BCUT2D eigenvalue weighted by molar-refractivity contribution is 6.01. The van der Waals surface area contributed by atoms with Crippen molar-refractivity contribution in [1.82, 2.24) is 0 Å². The van der Waals surface area contributed by atoms with Gasteiger partial charge in [-0.25, -0.2) is 0 Å². The molecule has 126 valence electrons. The molecule has 2 rings (SSSR count). The van der Waals surface area contributed by atoms with Crippen molar-refractivity contribution in [3.63, 3.8) is 0 Å². The number of carbonyl (C=O) groups excluding carboxylic acids is 1. The summed E-state index contributed by atoms with van der Waals surface area (Å²) in [6.07, 6.45) is 5.39. The van der Waals surface area contributed by atoms with Gasteiger partial charge in [-0.05, 0) is 54.5 Å². The third kappa shape index (κ3) is 5.80. The Kier molecular flexibility index (Phi) is 6.90. The second kappa shape index (κ2) is 9.40.